The number of rotatable bonds is 5. The lowest BCUT2D eigenvalue weighted by atomic mass is 10.1. The van der Waals surface area contributed by atoms with Crippen LogP contribution in [0.4, 0.5) is 10.2 Å². The molecule has 0 spiro atoms. The van der Waals surface area contributed by atoms with Crippen LogP contribution in [0.25, 0.3) is 5.65 Å². The molecule has 3 heterocycles. The van der Waals surface area contributed by atoms with Gasteiger partial charge in [0.25, 0.3) is 0 Å². The van der Waals surface area contributed by atoms with Gasteiger partial charge in [-0.1, -0.05) is 18.2 Å². The summed E-state index contributed by atoms with van der Waals surface area (Å²) in [6.45, 7) is 0.591. The van der Waals surface area contributed by atoms with E-state index in [9.17, 15) is 4.39 Å². The first-order valence-corrected chi connectivity index (χ1v) is 9.16. The summed E-state index contributed by atoms with van der Waals surface area (Å²) in [4.78, 5) is 4.37. The predicted octanol–water partition coefficient (Wildman–Crippen LogP) is 3.49. The van der Waals surface area contributed by atoms with Gasteiger partial charge in [-0.2, -0.15) is 11.8 Å². The first-order valence-electron chi connectivity index (χ1n) is 8.11. The van der Waals surface area contributed by atoms with Crippen LogP contribution in [0, 0.1) is 5.82 Å². The summed E-state index contributed by atoms with van der Waals surface area (Å²) < 4.78 is 15.7. The molecule has 1 aromatic carbocycles. The number of nitrogens with zero attached hydrogens (tertiary/aromatic N) is 4. The maximum atomic E-state index is 13.7. The molecule has 1 N–H and O–H groups in total. The summed E-state index contributed by atoms with van der Waals surface area (Å²) >= 11 is 1.93. The zero-order valence-corrected chi connectivity index (χ0v) is 14.0. The topological polar surface area (TPSA) is 55.1 Å². The summed E-state index contributed by atoms with van der Waals surface area (Å²) in [5.74, 6) is 2.69. The zero-order chi connectivity index (χ0) is 16.4. The minimum atomic E-state index is -0.173. The number of anilines is 1. The molecule has 0 amide bonds. The number of thioether (sulfide) groups is 1. The Bertz CT molecular complexity index is 844. The standard InChI is InChI=1S/C17H18FN5S/c18-13-5-2-1-4-12(13)7-8-19-15-17-22-21-16(14-6-3-11-24-14)23(17)10-9-20-15/h1-2,4-5,9-10,14H,3,6-8,11H2,(H,19,20)/t14-/m0/s1. The van der Waals surface area contributed by atoms with Crippen LogP contribution in [0.2, 0.25) is 0 Å². The van der Waals surface area contributed by atoms with Crippen LogP contribution >= 0.6 is 11.8 Å². The lowest BCUT2D eigenvalue weighted by Gasteiger charge is -2.09. The number of hydrogen-bond acceptors (Lipinski definition) is 5. The lowest BCUT2D eigenvalue weighted by Crippen LogP contribution is -2.09. The fourth-order valence-corrected chi connectivity index (χ4v) is 4.25. The quantitative estimate of drug-likeness (QED) is 0.768. The molecule has 5 nitrogen and oxygen atoms in total. The van der Waals surface area contributed by atoms with Gasteiger partial charge in [-0.05, 0) is 36.6 Å². The molecule has 3 aromatic rings. The van der Waals surface area contributed by atoms with Gasteiger partial charge in [-0.15, -0.1) is 10.2 Å². The molecule has 2 aromatic heterocycles. The van der Waals surface area contributed by atoms with Crippen LogP contribution in [0.5, 0.6) is 0 Å². The van der Waals surface area contributed by atoms with E-state index in [-0.39, 0.29) is 5.82 Å². The summed E-state index contributed by atoms with van der Waals surface area (Å²) in [7, 11) is 0. The third-order valence-corrected chi connectivity index (χ3v) is 5.59. The van der Waals surface area contributed by atoms with Gasteiger partial charge in [0, 0.05) is 18.9 Å². The van der Waals surface area contributed by atoms with Crippen LogP contribution in [0.3, 0.4) is 0 Å². The van der Waals surface area contributed by atoms with Gasteiger partial charge in [0.05, 0.1) is 5.25 Å². The maximum absolute atomic E-state index is 13.7. The number of halogens is 1. The maximum Gasteiger partial charge on any atom is 0.203 e. The fourth-order valence-electron chi connectivity index (χ4n) is 2.99. The van der Waals surface area contributed by atoms with Gasteiger partial charge in [-0.25, -0.2) is 9.37 Å². The van der Waals surface area contributed by atoms with Crippen molar-refractivity contribution >= 4 is 23.2 Å². The molecule has 124 valence electrons. The van der Waals surface area contributed by atoms with Crippen molar-refractivity contribution < 1.29 is 4.39 Å². The number of benzene rings is 1. The summed E-state index contributed by atoms with van der Waals surface area (Å²) in [5, 5.41) is 12.3. The van der Waals surface area contributed by atoms with Crippen molar-refractivity contribution in [2.75, 3.05) is 17.6 Å². The molecule has 1 aliphatic heterocycles. The molecule has 0 saturated carbocycles. The Labute approximate surface area is 143 Å². The van der Waals surface area contributed by atoms with Crippen LogP contribution in [-0.4, -0.2) is 31.9 Å². The Balaban J connectivity index is 1.51. The van der Waals surface area contributed by atoms with Gasteiger partial charge in [0.2, 0.25) is 5.65 Å². The number of hydrogen-bond donors (Lipinski definition) is 1. The molecule has 0 bridgehead atoms. The number of fused-ring (bicyclic) bond motifs is 1. The van der Waals surface area contributed by atoms with Crippen molar-refractivity contribution in [3.63, 3.8) is 0 Å². The Hall–Kier alpha value is -2.15. The molecular formula is C17H18FN5S. The van der Waals surface area contributed by atoms with E-state index in [1.165, 1.54) is 18.2 Å². The molecule has 24 heavy (non-hydrogen) atoms. The highest BCUT2D eigenvalue weighted by molar-refractivity contribution is 7.99. The van der Waals surface area contributed by atoms with Crippen molar-refractivity contribution in [1.82, 2.24) is 19.6 Å². The Kier molecular flexibility index (Phi) is 4.34. The van der Waals surface area contributed by atoms with Crippen molar-refractivity contribution in [3.05, 3.63) is 53.9 Å². The van der Waals surface area contributed by atoms with Gasteiger partial charge >= 0.3 is 0 Å². The molecule has 0 radical (unpaired) electrons. The Morgan fingerprint density at radius 3 is 3.04 bits per heavy atom. The van der Waals surface area contributed by atoms with Crippen LogP contribution < -0.4 is 5.32 Å². The minimum absolute atomic E-state index is 0.173. The molecule has 0 aliphatic carbocycles. The predicted molar refractivity (Wildman–Crippen MR) is 93.8 cm³/mol. The molecular weight excluding hydrogens is 325 g/mol. The normalized spacial score (nSPS) is 17.5. The molecule has 1 fully saturated rings. The highest BCUT2D eigenvalue weighted by Crippen LogP contribution is 2.39. The molecule has 0 unspecified atom stereocenters. The Morgan fingerprint density at radius 1 is 1.29 bits per heavy atom. The third kappa shape index (κ3) is 2.96. The molecule has 7 heteroatoms. The second kappa shape index (κ2) is 6.76. The first kappa shape index (κ1) is 15.4. The van der Waals surface area contributed by atoms with E-state index < -0.39 is 0 Å². The molecule has 4 rings (SSSR count). The SMILES string of the molecule is Fc1ccccc1CCNc1nccn2c([C@@H]3CCCS3)nnc12. The van der Waals surface area contributed by atoms with Gasteiger partial charge in [0.1, 0.15) is 5.82 Å². The van der Waals surface area contributed by atoms with E-state index in [1.807, 2.05) is 28.4 Å². The van der Waals surface area contributed by atoms with E-state index in [1.54, 1.807) is 18.3 Å². The molecule has 1 saturated heterocycles. The Morgan fingerprint density at radius 2 is 2.21 bits per heavy atom. The van der Waals surface area contributed by atoms with Crippen molar-refractivity contribution in [1.29, 1.82) is 0 Å². The highest BCUT2D eigenvalue weighted by atomic mass is 32.2. The van der Waals surface area contributed by atoms with E-state index in [2.05, 4.69) is 20.5 Å². The van der Waals surface area contributed by atoms with Crippen molar-refractivity contribution in [2.24, 2.45) is 0 Å². The third-order valence-electron chi connectivity index (χ3n) is 4.22. The minimum Gasteiger partial charge on any atom is -0.367 e. The summed E-state index contributed by atoms with van der Waals surface area (Å²) in [6, 6.07) is 6.84. The van der Waals surface area contributed by atoms with E-state index in [4.69, 9.17) is 0 Å². The van der Waals surface area contributed by atoms with Crippen molar-refractivity contribution in [3.8, 4) is 0 Å². The van der Waals surface area contributed by atoms with Crippen LogP contribution in [0.15, 0.2) is 36.7 Å². The first-order chi connectivity index (χ1) is 11.8. The monoisotopic (exact) mass is 343 g/mol. The summed E-state index contributed by atoms with van der Waals surface area (Å²) in [5.41, 5.74) is 1.43. The molecule has 1 atom stereocenters. The zero-order valence-electron chi connectivity index (χ0n) is 13.2. The van der Waals surface area contributed by atoms with Gasteiger partial charge < -0.3 is 5.32 Å². The largest absolute Gasteiger partial charge is 0.367 e. The molecule has 1 aliphatic rings. The lowest BCUT2D eigenvalue weighted by molar-refractivity contribution is 0.610. The van der Waals surface area contributed by atoms with Gasteiger partial charge in [-0.3, -0.25) is 4.40 Å². The van der Waals surface area contributed by atoms with Gasteiger partial charge in [0.15, 0.2) is 11.6 Å². The fraction of sp³-hybridized carbons (Fsp3) is 0.353. The average Bonchev–Trinajstić information content (AvgIpc) is 3.25. The second-order valence-corrected chi connectivity index (χ2v) is 7.11. The number of nitrogens with one attached hydrogen (secondary N) is 1. The van der Waals surface area contributed by atoms with Crippen LogP contribution in [0.1, 0.15) is 29.5 Å². The number of aromatic nitrogens is 4. The van der Waals surface area contributed by atoms with E-state index >= 15 is 0 Å². The van der Waals surface area contributed by atoms with E-state index in [0.29, 0.717) is 29.6 Å². The van der Waals surface area contributed by atoms with E-state index in [0.717, 1.165) is 17.9 Å². The van der Waals surface area contributed by atoms with Crippen molar-refractivity contribution in [2.45, 2.75) is 24.5 Å². The smallest absolute Gasteiger partial charge is 0.203 e. The summed E-state index contributed by atoms with van der Waals surface area (Å²) in [6.07, 6.45) is 6.62. The highest BCUT2D eigenvalue weighted by Gasteiger charge is 2.23. The average molecular weight is 343 g/mol. The second-order valence-electron chi connectivity index (χ2n) is 5.80. The van der Waals surface area contributed by atoms with Crippen LogP contribution in [-0.2, 0) is 6.42 Å².